The van der Waals surface area contributed by atoms with Crippen LogP contribution in [0.15, 0.2) is 0 Å². The van der Waals surface area contributed by atoms with Gasteiger partial charge in [-0.25, -0.2) is 0 Å². The molecule has 5 rings (SSSR count). The molecule has 5 fully saturated rings. The number of hydrogen-bond acceptors (Lipinski definition) is 2. The van der Waals surface area contributed by atoms with Crippen molar-refractivity contribution < 1.29 is 9.84 Å². The van der Waals surface area contributed by atoms with Crippen LogP contribution in [-0.2, 0) is 4.74 Å². The molecule has 0 spiro atoms. The zero-order valence-electron chi connectivity index (χ0n) is 6.57. The topological polar surface area (TPSA) is 29.5 Å². The molecule has 0 aromatic rings. The fourth-order valence-corrected chi connectivity index (χ4v) is 3.22. The first kappa shape index (κ1) is 6.44. The van der Waals surface area contributed by atoms with Gasteiger partial charge in [-0.15, -0.1) is 0 Å². The van der Waals surface area contributed by atoms with Gasteiger partial charge in [-0.2, -0.15) is 0 Å². The number of aliphatic hydroxyl groups is 1. The summed E-state index contributed by atoms with van der Waals surface area (Å²) in [7, 11) is 0. The van der Waals surface area contributed by atoms with E-state index in [-0.39, 0.29) is 0 Å². The lowest BCUT2D eigenvalue weighted by Gasteiger charge is -2.54. The molecule has 5 aliphatic rings. The van der Waals surface area contributed by atoms with Gasteiger partial charge in [0.05, 0.1) is 6.10 Å². The Labute approximate surface area is 66.5 Å². The summed E-state index contributed by atoms with van der Waals surface area (Å²) in [6, 6.07) is 0. The van der Waals surface area contributed by atoms with E-state index >= 15 is 0 Å². The van der Waals surface area contributed by atoms with Gasteiger partial charge in [0.1, 0.15) is 0 Å². The van der Waals surface area contributed by atoms with Crippen molar-refractivity contribution >= 4 is 0 Å². The molecule has 2 heterocycles. The van der Waals surface area contributed by atoms with Gasteiger partial charge in [-0.05, 0) is 37.5 Å². The summed E-state index contributed by atoms with van der Waals surface area (Å²) in [5, 5.41) is 9.50. The van der Waals surface area contributed by atoms with Crippen molar-refractivity contribution in [3.63, 3.8) is 0 Å². The molecule has 2 nitrogen and oxygen atoms in total. The van der Waals surface area contributed by atoms with E-state index in [1.54, 1.807) is 0 Å². The van der Waals surface area contributed by atoms with Gasteiger partial charge in [0, 0.05) is 5.92 Å². The summed E-state index contributed by atoms with van der Waals surface area (Å²) in [5.74, 6) is 2.06. The third-order valence-electron chi connectivity index (χ3n) is 3.83. The van der Waals surface area contributed by atoms with Gasteiger partial charge in [-0.3, -0.25) is 0 Å². The Hall–Kier alpha value is -0.0800. The van der Waals surface area contributed by atoms with E-state index in [0.29, 0.717) is 12.0 Å². The van der Waals surface area contributed by atoms with Crippen molar-refractivity contribution in [1.29, 1.82) is 0 Å². The fraction of sp³-hybridized carbons (Fsp3) is 1.00. The third-order valence-corrected chi connectivity index (χ3v) is 3.83. The summed E-state index contributed by atoms with van der Waals surface area (Å²) in [5.41, 5.74) is 0. The molecule has 11 heavy (non-hydrogen) atoms. The lowest BCUT2D eigenvalue weighted by Crippen LogP contribution is -2.54. The quantitative estimate of drug-likeness (QED) is 0.567. The van der Waals surface area contributed by atoms with Crippen LogP contribution in [0.5, 0.6) is 0 Å². The van der Waals surface area contributed by atoms with Crippen LogP contribution < -0.4 is 0 Å². The van der Waals surface area contributed by atoms with Crippen LogP contribution in [0.25, 0.3) is 0 Å². The standard InChI is InChI=1S/C9H14O2/c10-9-7-3-6-2-1-5(7)4-8(6)11-9/h5-10H,1-4H2. The lowest BCUT2D eigenvalue weighted by atomic mass is 9.61. The molecule has 2 saturated heterocycles. The third kappa shape index (κ3) is 0.744. The maximum atomic E-state index is 9.50. The van der Waals surface area contributed by atoms with Crippen molar-refractivity contribution in [1.82, 2.24) is 0 Å². The Morgan fingerprint density at radius 3 is 2.45 bits per heavy atom. The monoisotopic (exact) mass is 154 g/mol. The first-order chi connectivity index (χ1) is 5.34. The zero-order chi connectivity index (χ0) is 7.42. The zero-order valence-corrected chi connectivity index (χ0v) is 6.57. The van der Waals surface area contributed by atoms with E-state index in [2.05, 4.69) is 0 Å². The Morgan fingerprint density at radius 1 is 1.09 bits per heavy atom. The first-order valence-corrected chi connectivity index (χ1v) is 4.68. The van der Waals surface area contributed by atoms with Gasteiger partial charge in [0.25, 0.3) is 0 Å². The molecule has 0 aromatic heterocycles. The summed E-state index contributed by atoms with van der Waals surface area (Å²) in [4.78, 5) is 0. The second-order valence-electron chi connectivity index (χ2n) is 4.30. The Kier molecular flexibility index (Phi) is 1.16. The maximum absolute atomic E-state index is 9.50. The lowest BCUT2D eigenvalue weighted by molar-refractivity contribution is -0.276. The van der Waals surface area contributed by atoms with Crippen LogP contribution in [0, 0.1) is 17.8 Å². The van der Waals surface area contributed by atoms with E-state index < -0.39 is 6.29 Å². The largest absolute Gasteiger partial charge is 0.368 e. The molecule has 5 atom stereocenters. The maximum Gasteiger partial charge on any atom is 0.158 e. The Balaban J connectivity index is 1.93. The smallest absolute Gasteiger partial charge is 0.158 e. The number of fused-ring (bicyclic) bond motifs is 2. The number of aliphatic hydroxyl groups excluding tert-OH is 1. The van der Waals surface area contributed by atoms with Crippen molar-refractivity contribution in [3.8, 4) is 0 Å². The predicted molar refractivity (Wildman–Crippen MR) is 39.8 cm³/mol. The van der Waals surface area contributed by atoms with Crippen molar-refractivity contribution in [2.45, 2.75) is 38.1 Å². The first-order valence-electron chi connectivity index (χ1n) is 4.68. The van der Waals surface area contributed by atoms with Gasteiger partial charge >= 0.3 is 0 Å². The second-order valence-corrected chi connectivity index (χ2v) is 4.30. The highest BCUT2D eigenvalue weighted by molar-refractivity contribution is 4.97. The van der Waals surface area contributed by atoms with Crippen molar-refractivity contribution in [2.24, 2.45) is 17.8 Å². The number of hydrogen-bond donors (Lipinski definition) is 1. The van der Waals surface area contributed by atoms with Crippen LogP contribution in [-0.4, -0.2) is 17.5 Å². The molecule has 2 aliphatic heterocycles. The van der Waals surface area contributed by atoms with Crippen LogP contribution >= 0.6 is 0 Å². The van der Waals surface area contributed by atoms with Gasteiger partial charge < -0.3 is 9.84 Å². The molecule has 62 valence electrons. The molecule has 2 heteroatoms. The molecular formula is C9H14O2. The second kappa shape index (κ2) is 1.99. The predicted octanol–water partition coefficient (Wildman–Crippen LogP) is 1.14. The molecule has 5 unspecified atom stereocenters. The SMILES string of the molecule is OC1OC2CC3CCC2CC31. The van der Waals surface area contributed by atoms with Crippen LogP contribution in [0.2, 0.25) is 0 Å². The molecule has 3 saturated carbocycles. The van der Waals surface area contributed by atoms with Gasteiger partial charge in [0.2, 0.25) is 0 Å². The highest BCUT2D eigenvalue weighted by Crippen LogP contribution is 2.52. The number of rotatable bonds is 0. The fourth-order valence-electron chi connectivity index (χ4n) is 3.22. The van der Waals surface area contributed by atoms with Gasteiger partial charge in [0.15, 0.2) is 6.29 Å². The summed E-state index contributed by atoms with van der Waals surface area (Å²) in [6.07, 6.45) is 5.14. The molecule has 1 N–H and O–H groups in total. The highest BCUT2D eigenvalue weighted by Gasteiger charge is 2.50. The highest BCUT2D eigenvalue weighted by atomic mass is 16.6. The van der Waals surface area contributed by atoms with Crippen molar-refractivity contribution in [3.05, 3.63) is 0 Å². The van der Waals surface area contributed by atoms with E-state index in [4.69, 9.17) is 4.74 Å². The minimum Gasteiger partial charge on any atom is -0.368 e. The minimum atomic E-state index is -0.421. The molecular weight excluding hydrogens is 140 g/mol. The average Bonchev–Trinajstić information content (AvgIpc) is 2.05. The normalized spacial score (nSPS) is 60.3. The molecule has 0 amide bonds. The van der Waals surface area contributed by atoms with Gasteiger partial charge in [-0.1, -0.05) is 0 Å². The number of ether oxygens (including phenoxy) is 1. The van der Waals surface area contributed by atoms with E-state index in [0.717, 1.165) is 11.8 Å². The summed E-state index contributed by atoms with van der Waals surface area (Å²) in [6.45, 7) is 0. The van der Waals surface area contributed by atoms with Crippen LogP contribution in [0.1, 0.15) is 25.7 Å². The van der Waals surface area contributed by atoms with Crippen LogP contribution in [0.4, 0.5) is 0 Å². The molecule has 0 radical (unpaired) electrons. The molecule has 0 aromatic carbocycles. The van der Waals surface area contributed by atoms with E-state index in [1.807, 2.05) is 0 Å². The average molecular weight is 154 g/mol. The summed E-state index contributed by atoms with van der Waals surface area (Å²) < 4.78 is 5.47. The van der Waals surface area contributed by atoms with E-state index in [9.17, 15) is 5.11 Å². The molecule has 4 bridgehead atoms. The Bertz CT molecular complexity index is 178. The van der Waals surface area contributed by atoms with E-state index in [1.165, 1.54) is 25.7 Å². The summed E-state index contributed by atoms with van der Waals surface area (Å²) >= 11 is 0. The van der Waals surface area contributed by atoms with Crippen LogP contribution in [0.3, 0.4) is 0 Å². The minimum absolute atomic E-state index is 0.411. The Morgan fingerprint density at radius 2 is 1.91 bits per heavy atom. The van der Waals surface area contributed by atoms with Crippen molar-refractivity contribution in [2.75, 3.05) is 0 Å². The molecule has 3 aliphatic carbocycles.